The normalized spacial score (nSPS) is 11.9. The number of esters is 1. The van der Waals surface area contributed by atoms with E-state index in [0.717, 1.165) is 29.8 Å². The van der Waals surface area contributed by atoms with Gasteiger partial charge in [0.05, 0.1) is 0 Å². The van der Waals surface area contributed by atoms with Gasteiger partial charge in [0, 0.05) is 5.56 Å². The summed E-state index contributed by atoms with van der Waals surface area (Å²) in [5.41, 5.74) is 0.747. The maximum atomic E-state index is 13.9. The fraction of sp³-hybridized carbons (Fsp3) is 0.118. The van der Waals surface area contributed by atoms with Crippen LogP contribution in [0.5, 0.6) is 11.5 Å². The number of rotatable bonds is 5. The van der Waals surface area contributed by atoms with Gasteiger partial charge in [-0.25, -0.2) is 9.18 Å². The van der Waals surface area contributed by atoms with E-state index in [0.29, 0.717) is 0 Å². The molecule has 0 N–H and O–H groups in total. The third kappa shape index (κ3) is 4.58. The number of alkyl halides is 2. The Balaban J connectivity index is 2.10. The second-order valence-corrected chi connectivity index (χ2v) is 4.73. The Bertz CT molecular complexity index is 737. The molecule has 0 saturated heterocycles. The van der Waals surface area contributed by atoms with Crippen molar-refractivity contribution in [3.63, 3.8) is 0 Å². The SMILES string of the molecule is Cc1ccc(/C(F)=C(/F)C(=O)Oc2ccc(OC(F)F)cc2)cc1. The van der Waals surface area contributed by atoms with Gasteiger partial charge in [0.1, 0.15) is 11.5 Å². The van der Waals surface area contributed by atoms with Crippen molar-refractivity contribution in [1.29, 1.82) is 0 Å². The number of benzene rings is 2. The minimum absolute atomic E-state index is 0.101. The van der Waals surface area contributed by atoms with Crippen molar-refractivity contribution in [2.24, 2.45) is 0 Å². The molecule has 0 unspecified atom stereocenters. The van der Waals surface area contributed by atoms with E-state index >= 15 is 0 Å². The highest BCUT2D eigenvalue weighted by molar-refractivity contribution is 5.94. The van der Waals surface area contributed by atoms with Crippen LogP contribution in [-0.4, -0.2) is 12.6 Å². The molecule has 0 fully saturated rings. The number of halogens is 4. The number of carbonyl (C=O) groups excluding carboxylic acids is 1. The summed E-state index contributed by atoms with van der Waals surface area (Å²) < 4.78 is 60.5. The molecule has 2 aromatic carbocycles. The summed E-state index contributed by atoms with van der Waals surface area (Å²) in [5, 5.41) is 0. The standard InChI is InChI=1S/C17H12F4O3/c1-10-2-4-11(5-3-10)14(18)15(19)16(22)23-12-6-8-13(9-7-12)24-17(20)21/h2-9,17H,1H3/b15-14-. The summed E-state index contributed by atoms with van der Waals surface area (Å²) in [6.07, 6.45) is 0. The molecule has 126 valence electrons. The van der Waals surface area contributed by atoms with Crippen LogP contribution in [0, 0.1) is 6.92 Å². The summed E-state index contributed by atoms with van der Waals surface area (Å²) >= 11 is 0. The lowest BCUT2D eigenvalue weighted by Crippen LogP contribution is -2.09. The van der Waals surface area contributed by atoms with E-state index in [1.807, 2.05) is 0 Å². The zero-order valence-corrected chi connectivity index (χ0v) is 12.4. The minimum atomic E-state index is -3.00. The van der Waals surface area contributed by atoms with Crippen LogP contribution in [0.25, 0.3) is 5.83 Å². The van der Waals surface area contributed by atoms with Crippen molar-refractivity contribution in [2.45, 2.75) is 13.5 Å². The van der Waals surface area contributed by atoms with E-state index in [-0.39, 0.29) is 17.1 Å². The molecule has 0 amide bonds. The predicted molar refractivity (Wildman–Crippen MR) is 79.0 cm³/mol. The molecular weight excluding hydrogens is 328 g/mol. The number of carbonyl (C=O) groups is 1. The average molecular weight is 340 g/mol. The van der Waals surface area contributed by atoms with E-state index in [9.17, 15) is 22.4 Å². The van der Waals surface area contributed by atoms with Crippen LogP contribution < -0.4 is 9.47 Å². The van der Waals surface area contributed by atoms with Crippen LogP contribution in [0.3, 0.4) is 0 Å². The first-order valence-corrected chi connectivity index (χ1v) is 6.76. The number of hydrogen-bond acceptors (Lipinski definition) is 3. The molecule has 0 aliphatic rings. The molecule has 0 spiro atoms. The molecule has 7 heteroatoms. The smallest absolute Gasteiger partial charge is 0.387 e. The topological polar surface area (TPSA) is 35.5 Å². The lowest BCUT2D eigenvalue weighted by Gasteiger charge is -2.06. The van der Waals surface area contributed by atoms with Crippen LogP contribution in [0.2, 0.25) is 0 Å². The first-order valence-electron chi connectivity index (χ1n) is 6.76. The highest BCUT2D eigenvalue weighted by Crippen LogP contribution is 2.24. The van der Waals surface area contributed by atoms with E-state index < -0.39 is 24.2 Å². The van der Waals surface area contributed by atoms with Crippen molar-refractivity contribution < 1.29 is 31.8 Å². The molecule has 24 heavy (non-hydrogen) atoms. The molecule has 2 rings (SSSR count). The molecule has 0 aromatic heterocycles. The Morgan fingerprint density at radius 3 is 2.00 bits per heavy atom. The van der Waals surface area contributed by atoms with Crippen molar-refractivity contribution in [3.05, 3.63) is 65.5 Å². The van der Waals surface area contributed by atoms with Gasteiger partial charge in [0.2, 0.25) is 5.83 Å². The van der Waals surface area contributed by atoms with Gasteiger partial charge in [-0.2, -0.15) is 13.2 Å². The summed E-state index contributed by atoms with van der Waals surface area (Å²) in [5.74, 6) is -4.87. The molecule has 0 atom stereocenters. The highest BCUT2D eigenvalue weighted by atomic mass is 19.3. The molecule has 0 saturated carbocycles. The Morgan fingerprint density at radius 2 is 1.46 bits per heavy atom. The van der Waals surface area contributed by atoms with Gasteiger partial charge in [-0.15, -0.1) is 0 Å². The zero-order valence-electron chi connectivity index (χ0n) is 12.4. The Labute approximate surface area is 135 Å². The van der Waals surface area contributed by atoms with Gasteiger partial charge in [-0.3, -0.25) is 0 Å². The van der Waals surface area contributed by atoms with E-state index in [1.54, 1.807) is 19.1 Å². The van der Waals surface area contributed by atoms with Gasteiger partial charge in [-0.1, -0.05) is 29.8 Å². The molecule has 2 aromatic rings. The number of hydrogen-bond donors (Lipinski definition) is 0. The Hall–Kier alpha value is -2.83. The fourth-order valence-corrected chi connectivity index (χ4v) is 1.76. The van der Waals surface area contributed by atoms with Gasteiger partial charge in [0.25, 0.3) is 0 Å². The first-order chi connectivity index (χ1) is 11.4. The lowest BCUT2D eigenvalue weighted by molar-refractivity contribution is -0.131. The van der Waals surface area contributed by atoms with E-state index in [4.69, 9.17) is 0 Å². The van der Waals surface area contributed by atoms with E-state index in [2.05, 4.69) is 9.47 Å². The van der Waals surface area contributed by atoms with E-state index in [1.165, 1.54) is 12.1 Å². The Kier molecular flexibility index (Phi) is 5.57. The molecular formula is C17H12F4O3. The maximum Gasteiger partial charge on any atom is 0.387 e. The molecule has 0 aliphatic heterocycles. The number of ether oxygens (including phenoxy) is 2. The third-order valence-corrected chi connectivity index (χ3v) is 2.94. The van der Waals surface area contributed by atoms with Crippen molar-refractivity contribution in [1.82, 2.24) is 0 Å². The van der Waals surface area contributed by atoms with Crippen molar-refractivity contribution >= 4 is 11.8 Å². The minimum Gasteiger partial charge on any atom is -0.435 e. The summed E-state index contributed by atoms with van der Waals surface area (Å²) in [7, 11) is 0. The Morgan fingerprint density at radius 1 is 0.917 bits per heavy atom. The quantitative estimate of drug-likeness (QED) is 0.339. The van der Waals surface area contributed by atoms with Gasteiger partial charge in [-0.05, 0) is 31.2 Å². The van der Waals surface area contributed by atoms with Crippen LogP contribution >= 0.6 is 0 Å². The molecule has 0 aliphatic carbocycles. The fourth-order valence-electron chi connectivity index (χ4n) is 1.76. The molecule has 0 heterocycles. The van der Waals surface area contributed by atoms with Gasteiger partial charge in [0.15, 0.2) is 5.83 Å². The highest BCUT2D eigenvalue weighted by Gasteiger charge is 2.19. The zero-order chi connectivity index (χ0) is 17.7. The second-order valence-electron chi connectivity index (χ2n) is 4.73. The van der Waals surface area contributed by atoms with Crippen molar-refractivity contribution in [3.8, 4) is 11.5 Å². The summed E-state index contributed by atoms with van der Waals surface area (Å²) in [6.45, 7) is -1.22. The molecule has 0 bridgehead atoms. The largest absolute Gasteiger partial charge is 0.435 e. The van der Waals surface area contributed by atoms with Crippen LogP contribution in [0.1, 0.15) is 11.1 Å². The van der Waals surface area contributed by atoms with Crippen molar-refractivity contribution in [2.75, 3.05) is 0 Å². The summed E-state index contributed by atoms with van der Waals surface area (Å²) in [4.78, 5) is 11.6. The first kappa shape index (κ1) is 17.5. The third-order valence-electron chi connectivity index (χ3n) is 2.94. The maximum absolute atomic E-state index is 13.9. The van der Waals surface area contributed by atoms with Crippen LogP contribution in [-0.2, 0) is 4.79 Å². The van der Waals surface area contributed by atoms with Crippen LogP contribution in [0.15, 0.2) is 54.4 Å². The van der Waals surface area contributed by atoms with Gasteiger partial charge >= 0.3 is 12.6 Å². The lowest BCUT2D eigenvalue weighted by atomic mass is 10.1. The van der Waals surface area contributed by atoms with Crippen LogP contribution in [0.4, 0.5) is 17.6 Å². The monoisotopic (exact) mass is 340 g/mol. The average Bonchev–Trinajstić information content (AvgIpc) is 2.55. The second kappa shape index (κ2) is 7.63. The number of aryl methyl sites for hydroxylation is 1. The van der Waals surface area contributed by atoms with Gasteiger partial charge < -0.3 is 9.47 Å². The predicted octanol–water partition coefficient (Wildman–Crippen LogP) is 4.81. The molecule has 0 radical (unpaired) electrons. The molecule has 3 nitrogen and oxygen atoms in total. The summed E-state index contributed by atoms with van der Waals surface area (Å²) in [6, 6.07) is 10.2.